The summed E-state index contributed by atoms with van der Waals surface area (Å²) >= 11 is 0. The zero-order valence-corrected chi connectivity index (χ0v) is 17.3. The summed E-state index contributed by atoms with van der Waals surface area (Å²) < 4.78 is 19.8. The maximum atomic E-state index is 13.5. The Labute approximate surface area is 177 Å². The van der Waals surface area contributed by atoms with Crippen molar-refractivity contribution in [3.8, 4) is 0 Å². The van der Waals surface area contributed by atoms with Crippen molar-refractivity contribution in [2.75, 3.05) is 18.4 Å². The molecular formula is C24H29FN4O. The summed E-state index contributed by atoms with van der Waals surface area (Å²) in [7, 11) is 0. The van der Waals surface area contributed by atoms with Crippen LogP contribution in [0.4, 0.5) is 10.1 Å². The quantitative estimate of drug-likeness (QED) is 0.619. The van der Waals surface area contributed by atoms with E-state index in [0.717, 1.165) is 55.0 Å². The van der Waals surface area contributed by atoms with E-state index in [-0.39, 0.29) is 11.9 Å². The SMILES string of the molecule is C=C(/N=C1C=C(OC2CCNCC2)C(/C=C/N)=CC/1=C/CC)Nc1cccc(F)c1. The second kappa shape index (κ2) is 10.6. The van der Waals surface area contributed by atoms with Gasteiger partial charge in [-0.1, -0.05) is 25.6 Å². The zero-order valence-electron chi connectivity index (χ0n) is 17.3. The Balaban J connectivity index is 1.87. The van der Waals surface area contributed by atoms with E-state index in [4.69, 9.17) is 10.5 Å². The molecule has 0 radical (unpaired) electrons. The van der Waals surface area contributed by atoms with Crippen LogP contribution < -0.4 is 16.4 Å². The summed E-state index contributed by atoms with van der Waals surface area (Å²) in [4.78, 5) is 4.65. The normalized spacial score (nSPS) is 20.3. The molecule has 1 saturated heterocycles. The average Bonchev–Trinajstić information content (AvgIpc) is 2.72. The Morgan fingerprint density at radius 3 is 2.87 bits per heavy atom. The van der Waals surface area contributed by atoms with Gasteiger partial charge in [0.25, 0.3) is 0 Å². The van der Waals surface area contributed by atoms with Crippen molar-refractivity contribution in [2.24, 2.45) is 10.7 Å². The first-order valence-electron chi connectivity index (χ1n) is 10.3. The molecule has 1 heterocycles. The van der Waals surface area contributed by atoms with Crippen LogP contribution in [0.3, 0.4) is 0 Å². The number of allylic oxidation sites excluding steroid dienone is 5. The van der Waals surface area contributed by atoms with Gasteiger partial charge < -0.3 is 21.1 Å². The maximum absolute atomic E-state index is 13.5. The second-order valence-corrected chi connectivity index (χ2v) is 7.18. The van der Waals surface area contributed by atoms with Crippen molar-refractivity contribution in [1.82, 2.24) is 5.32 Å². The van der Waals surface area contributed by atoms with Crippen LogP contribution in [0, 0.1) is 5.82 Å². The first-order chi connectivity index (χ1) is 14.6. The van der Waals surface area contributed by atoms with E-state index >= 15 is 0 Å². The van der Waals surface area contributed by atoms with Crippen molar-refractivity contribution < 1.29 is 9.13 Å². The van der Waals surface area contributed by atoms with Gasteiger partial charge in [-0.25, -0.2) is 9.38 Å². The molecule has 0 amide bonds. The fourth-order valence-corrected chi connectivity index (χ4v) is 3.42. The van der Waals surface area contributed by atoms with E-state index in [1.54, 1.807) is 12.1 Å². The van der Waals surface area contributed by atoms with Crippen LogP contribution in [-0.4, -0.2) is 24.9 Å². The number of halogens is 1. The highest BCUT2D eigenvalue weighted by atomic mass is 19.1. The van der Waals surface area contributed by atoms with Gasteiger partial charge in [0.2, 0.25) is 0 Å². The van der Waals surface area contributed by atoms with Crippen molar-refractivity contribution in [1.29, 1.82) is 0 Å². The Hall–Kier alpha value is -3.12. The molecule has 3 rings (SSSR count). The van der Waals surface area contributed by atoms with Gasteiger partial charge in [0.15, 0.2) is 0 Å². The second-order valence-electron chi connectivity index (χ2n) is 7.18. The summed E-state index contributed by atoms with van der Waals surface area (Å²) in [6, 6.07) is 6.21. The highest BCUT2D eigenvalue weighted by molar-refractivity contribution is 6.13. The molecule has 0 atom stereocenters. The van der Waals surface area contributed by atoms with Crippen LogP contribution in [-0.2, 0) is 4.74 Å². The molecule has 4 N–H and O–H groups in total. The van der Waals surface area contributed by atoms with Gasteiger partial charge in [0.1, 0.15) is 23.5 Å². The van der Waals surface area contributed by atoms with Crippen molar-refractivity contribution in [2.45, 2.75) is 32.3 Å². The predicted octanol–water partition coefficient (Wildman–Crippen LogP) is 4.55. The van der Waals surface area contributed by atoms with E-state index in [1.807, 2.05) is 18.2 Å². The number of aliphatic imine (C=N–C) groups is 1. The molecule has 0 spiro atoms. The molecule has 158 valence electrons. The Morgan fingerprint density at radius 2 is 2.17 bits per heavy atom. The van der Waals surface area contributed by atoms with Gasteiger partial charge in [-0.3, -0.25) is 0 Å². The number of nitrogens with one attached hydrogen (secondary N) is 2. The number of nitrogens with zero attached hydrogens (tertiary/aromatic N) is 1. The van der Waals surface area contributed by atoms with Crippen LogP contribution in [0.5, 0.6) is 0 Å². The zero-order chi connectivity index (χ0) is 21.3. The smallest absolute Gasteiger partial charge is 0.129 e. The Kier molecular flexibility index (Phi) is 7.63. The third kappa shape index (κ3) is 5.94. The van der Waals surface area contributed by atoms with E-state index in [1.165, 1.54) is 18.3 Å². The minimum atomic E-state index is -0.316. The summed E-state index contributed by atoms with van der Waals surface area (Å²) in [6.45, 7) is 7.94. The van der Waals surface area contributed by atoms with Gasteiger partial charge in [-0.2, -0.15) is 0 Å². The van der Waals surface area contributed by atoms with Crippen LogP contribution in [0.1, 0.15) is 26.2 Å². The van der Waals surface area contributed by atoms with Gasteiger partial charge in [0, 0.05) is 17.3 Å². The number of nitrogens with two attached hydrogens (primary N) is 1. The Morgan fingerprint density at radius 1 is 1.37 bits per heavy atom. The minimum absolute atomic E-state index is 0.152. The molecule has 0 saturated carbocycles. The monoisotopic (exact) mass is 408 g/mol. The third-order valence-corrected chi connectivity index (χ3v) is 4.81. The van der Waals surface area contributed by atoms with Crippen LogP contribution >= 0.6 is 0 Å². The molecule has 0 unspecified atom stereocenters. The molecule has 1 fully saturated rings. The lowest BCUT2D eigenvalue weighted by atomic mass is 9.96. The molecule has 1 aromatic rings. The first kappa shape index (κ1) is 21.6. The lowest BCUT2D eigenvalue weighted by Crippen LogP contribution is -2.32. The van der Waals surface area contributed by atoms with Crippen molar-refractivity contribution in [3.63, 3.8) is 0 Å². The maximum Gasteiger partial charge on any atom is 0.129 e. The van der Waals surface area contributed by atoms with E-state index < -0.39 is 0 Å². The molecule has 30 heavy (non-hydrogen) atoms. The highest BCUT2D eigenvalue weighted by Crippen LogP contribution is 2.27. The summed E-state index contributed by atoms with van der Waals surface area (Å²) in [5.41, 5.74) is 8.88. The average molecular weight is 409 g/mol. The van der Waals surface area contributed by atoms with Crippen molar-refractivity contribution >= 4 is 11.4 Å². The number of hydrogen-bond donors (Lipinski definition) is 3. The molecular weight excluding hydrogens is 379 g/mol. The highest BCUT2D eigenvalue weighted by Gasteiger charge is 2.21. The van der Waals surface area contributed by atoms with Gasteiger partial charge >= 0.3 is 0 Å². The van der Waals surface area contributed by atoms with Crippen LogP contribution in [0.15, 0.2) is 89.1 Å². The predicted molar refractivity (Wildman–Crippen MR) is 121 cm³/mol. The van der Waals surface area contributed by atoms with Gasteiger partial charge in [-0.05, 0) is 74.5 Å². The largest absolute Gasteiger partial charge is 0.490 e. The first-order valence-corrected chi connectivity index (χ1v) is 10.3. The molecule has 1 aliphatic heterocycles. The van der Waals surface area contributed by atoms with E-state index in [0.29, 0.717) is 11.5 Å². The van der Waals surface area contributed by atoms with Crippen LogP contribution in [0.25, 0.3) is 0 Å². The topological polar surface area (TPSA) is 71.7 Å². The summed E-state index contributed by atoms with van der Waals surface area (Å²) in [6.07, 6.45) is 12.3. The summed E-state index contributed by atoms with van der Waals surface area (Å²) in [5, 5.41) is 6.39. The van der Waals surface area contributed by atoms with Crippen LogP contribution in [0.2, 0.25) is 0 Å². The van der Waals surface area contributed by atoms with Gasteiger partial charge in [0.05, 0.1) is 5.71 Å². The van der Waals surface area contributed by atoms with E-state index in [2.05, 4.69) is 35.2 Å². The fraction of sp³-hybridized carbons (Fsp3) is 0.292. The molecule has 5 nitrogen and oxygen atoms in total. The van der Waals surface area contributed by atoms with Gasteiger partial charge in [-0.15, -0.1) is 0 Å². The standard InChI is InChI=1S/C24H29FN4O/c1-3-5-18-14-19(8-11-26)24(30-22-9-12-27-13-10-22)16-23(18)29-17(2)28-21-7-4-6-20(25)15-21/h4-8,11,14-16,22,27-28H,2-3,9-10,12-13,26H2,1H3/b11-8+,18-5-,29-23-. The fourth-order valence-electron chi connectivity index (χ4n) is 3.42. The lowest BCUT2D eigenvalue weighted by molar-refractivity contribution is 0.0942. The Bertz CT molecular complexity index is 921. The number of rotatable bonds is 7. The number of piperidine rings is 1. The number of anilines is 1. The molecule has 2 aliphatic rings. The molecule has 0 aromatic heterocycles. The molecule has 1 aromatic carbocycles. The number of benzene rings is 1. The molecule has 1 aliphatic carbocycles. The van der Waals surface area contributed by atoms with Crippen molar-refractivity contribution in [3.05, 3.63) is 89.9 Å². The molecule has 0 bridgehead atoms. The lowest BCUT2D eigenvalue weighted by Gasteiger charge is -2.27. The number of hydrogen-bond acceptors (Lipinski definition) is 5. The van der Waals surface area contributed by atoms with E-state index in [9.17, 15) is 4.39 Å². The molecule has 6 heteroatoms. The minimum Gasteiger partial charge on any atom is -0.490 e. The number of ether oxygens (including phenoxy) is 1. The summed E-state index contributed by atoms with van der Waals surface area (Å²) in [5.74, 6) is 0.846. The third-order valence-electron chi connectivity index (χ3n) is 4.81.